The van der Waals surface area contributed by atoms with Crippen LogP contribution in [0.5, 0.6) is 5.75 Å². The van der Waals surface area contributed by atoms with Gasteiger partial charge in [0.25, 0.3) is 0 Å². The Morgan fingerprint density at radius 3 is 2.48 bits per heavy atom. The van der Waals surface area contributed by atoms with Gasteiger partial charge in [-0.25, -0.2) is 0 Å². The largest absolute Gasteiger partial charge is 0.502 e. The van der Waals surface area contributed by atoms with Gasteiger partial charge in [-0.3, -0.25) is 15.1 Å². The Balaban J connectivity index is 2.62. The zero-order chi connectivity index (χ0) is 17.3. The lowest BCUT2D eigenvalue weighted by atomic mass is 10.0. The number of phenols is 1. The fourth-order valence-corrected chi connectivity index (χ4v) is 2.61. The quantitative estimate of drug-likeness (QED) is 0.430. The maximum atomic E-state index is 11.1. The first-order valence-corrected chi connectivity index (χ1v) is 7.52. The topological polar surface area (TPSA) is 75.7 Å². The van der Waals surface area contributed by atoms with Crippen LogP contribution in [0.4, 0.5) is 11.4 Å². The van der Waals surface area contributed by atoms with Crippen LogP contribution in [-0.4, -0.2) is 16.2 Å². The van der Waals surface area contributed by atoms with Gasteiger partial charge in [-0.05, 0) is 37.6 Å². The van der Waals surface area contributed by atoms with Crippen LogP contribution in [0, 0.1) is 24.0 Å². The van der Waals surface area contributed by atoms with Crippen molar-refractivity contribution in [3.05, 3.63) is 60.1 Å². The van der Waals surface area contributed by atoms with Crippen LogP contribution >= 0.6 is 34.8 Å². The molecule has 0 amide bonds. The van der Waals surface area contributed by atoms with Crippen molar-refractivity contribution in [1.29, 1.82) is 0 Å². The molecule has 2 aromatic rings. The first-order valence-electron chi connectivity index (χ1n) is 6.39. The third kappa shape index (κ3) is 3.42. The second-order valence-electron chi connectivity index (χ2n) is 4.79. The monoisotopic (exact) mass is 372 g/mol. The number of nitro benzene ring substituents is 1. The summed E-state index contributed by atoms with van der Waals surface area (Å²) in [5, 5.41) is 22.3. The first kappa shape index (κ1) is 17.5. The van der Waals surface area contributed by atoms with Gasteiger partial charge in [0, 0.05) is 22.4 Å². The average Bonchev–Trinajstić information content (AvgIpc) is 2.48. The van der Waals surface area contributed by atoms with Crippen LogP contribution in [0.2, 0.25) is 15.1 Å². The summed E-state index contributed by atoms with van der Waals surface area (Å²) in [5.74, 6) is -0.490. The molecule has 0 spiro atoms. The summed E-state index contributed by atoms with van der Waals surface area (Å²) in [5.41, 5.74) is 0.763. The normalized spacial score (nSPS) is 11.2. The van der Waals surface area contributed by atoms with Crippen molar-refractivity contribution in [2.75, 3.05) is 0 Å². The van der Waals surface area contributed by atoms with E-state index < -0.39 is 16.4 Å². The molecule has 0 aliphatic heterocycles. The van der Waals surface area contributed by atoms with Gasteiger partial charge in [0.15, 0.2) is 0 Å². The average molecular weight is 374 g/mol. The molecule has 0 aliphatic rings. The van der Waals surface area contributed by atoms with Crippen molar-refractivity contribution < 1.29 is 10.0 Å². The number of phenolic OH excluding ortho intramolecular Hbond substituents is 1. The van der Waals surface area contributed by atoms with Crippen molar-refractivity contribution in [2.24, 2.45) is 4.99 Å². The highest BCUT2D eigenvalue weighted by Gasteiger charge is 2.25. The van der Waals surface area contributed by atoms with Gasteiger partial charge in [-0.15, -0.1) is 0 Å². The number of benzene rings is 2. The molecule has 5 nitrogen and oxygen atoms in total. The number of aromatic hydroxyl groups is 1. The SMILES string of the molecule is Cc1c(Cl)c(C)c([N+](=O)[O-])c(O)c1C=Nc1cc(Cl)ccc1Cl. The minimum atomic E-state index is -0.681. The van der Waals surface area contributed by atoms with Crippen molar-refractivity contribution >= 4 is 52.4 Å². The van der Waals surface area contributed by atoms with Crippen LogP contribution in [0.3, 0.4) is 0 Å². The molecule has 0 atom stereocenters. The van der Waals surface area contributed by atoms with E-state index in [0.717, 1.165) is 0 Å². The minimum Gasteiger partial charge on any atom is -0.502 e. The molecule has 0 heterocycles. The summed E-state index contributed by atoms with van der Waals surface area (Å²) < 4.78 is 0. The molecule has 0 saturated heterocycles. The Morgan fingerprint density at radius 2 is 1.87 bits per heavy atom. The predicted molar refractivity (Wildman–Crippen MR) is 93.0 cm³/mol. The highest BCUT2D eigenvalue weighted by molar-refractivity contribution is 6.35. The number of hydrogen-bond donors (Lipinski definition) is 1. The van der Waals surface area contributed by atoms with E-state index in [4.69, 9.17) is 34.8 Å². The van der Waals surface area contributed by atoms with E-state index in [1.807, 2.05) is 0 Å². The van der Waals surface area contributed by atoms with E-state index in [1.54, 1.807) is 19.1 Å². The molecule has 1 N–H and O–H groups in total. The van der Waals surface area contributed by atoms with Crippen LogP contribution in [0.15, 0.2) is 23.2 Å². The number of hydrogen-bond acceptors (Lipinski definition) is 4. The van der Waals surface area contributed by atoms with Gasteiger partial charge >= 0.3 is 5.69 Å². The van der Waals surface area contributed by atoms with Gasteiger partial charge < -0.3 is 5.11 Å². The van der Waals surface area contributed by atoms with Gasteiger partial charge in [-0.2, -0.15) is 0 Å². The van der Waals surface area contributed by atoms with Crippen molar-refractivity contribution in [3.8, 4) is 5.75 Å². The molecule has 0 saturated carbocycles. The predicted octanol–water partition coefficient (Wildman–Crippen LogP) is 5.63. The summed E-state index contributed by atoms with van der Waals surface area (Å²) in [7, 11) is 0. The summed E-state index contributed by atoms with van der Waals surface area (Å²) in [6, 6.07) is 4.73. The van der Waals surface area contributed by atoms with Gasteiger partial charge in [0.2, 0.25) is 5.75 Å². The van der Waals surface area contributed by atoms with Crippen molar-refractivity contribution in [3.63, 3.8) is 0 Å². The number of rotatable bonds is 3. The molecule has 0 bridgehead atoms. The van der Waals surface area contributed by atoms with E-state index in [0.29, 0.717) is 21.3 Å². The van der Waals surface area contributed by atoms with Crippen LogP contribution in [0.1, 0.15) is 16.7 Å². The Labute approximate surface area is 147 Å². The highest BCUT2D eigenvalue weighted by Crippen LogP contribution is 2.40. The molecule has 0 aliphatic carbocycles. The van der Waals surface area contributed by atoms with Crippen molar-refractivity contribution in [2.45, 2.75) is 13.8 Å². The fourth-order valence-electron chi connectivity index (χ4n) is 2.09. The Bertz CT molecular complexity index is 835. The molecule has 120 valence electrons. The maximum Gasteiger partial charge on any atom is 0.315 e. The number of halogens is 3. The maximum absolute atomic E-state index is 11.1. The van der Waals surface area contributed by atoms with Crippen LogP contribution in [-0.2, 0) is 0 Å². The lowest BCUT2D eigenvalue weighted by molar-refractivity contribution is -0.386. The summed E-state index contributed by atoms with van der Waals surface area (Å²) >= 11 is 18.0. The van der Waals surface area contributed by atoms with Gasteiger partial charge in [-0.1, -0.05) is 34.8 Å². The highest BCUT2D eigenvalue weighted by atomic mass is 35.5. The smallest absolute Gasteiger partial charge is 0.315 e. The minimum absolute atomic E-state index is 0.156. The lowest BCUT2D eigenvalue weighted by Crippen LogP contribution is -2.00. The first-order chi connectivity index (χ1) is 10.7. The number of nitrogens with zero attached hydrogens (tertiary/aromatic N) is 2. The van der Waals surface area contributed by atoms with E-state index in [2.05, 4.69) is 4.99 Å². The van der Waals surface area contributed by atoms with Crippen molar-refractivity contribution in [1.82, 2.24) is 0 Å². The molecule has 8 heteroatoms. The number of aliphatic imine (C=N–C) groups is 1. The van der Waals surface area contributed by atoms with Crippen LogP contribution in [0.25, 0.3) is 0 Å². The standard InChI is InChI=1S/C15H11Cl3N2O3/c1-7-10(6-19-12-5-9(16)3-4-11(12)17)15(21)14(20(22)23)8(2)13(7)18/h3-6,21H,1-2H3. The molecular weight excluding hydrogens is 363 g/mol. The third-order valence-corrected chi connectivity index (χ3v) is 4.44. The van der Waals surface area contributed by atoms with Gasteiger partial charge in [0.1, 0.15) is 0 Å². The molecule has 2 aromatic carbocycles. The summed E-state index contributed by atoms with van der Waals surface area (Å²) in [4.78, 5) is 14.6. The molecule has 0 unspecified atom stereocenters. The molecule has 0 aromatic heterocycles. The summed E-state index contributed by atoms with van der Waals surface area (Å²) in [6.45, 7) is 3.11. The molecule has 23 heavy (non-hydrogen) atoms. The van der Waals surface area contributed by atoms with E-state index in [-0.39, 0.29) is 16.1 Å². The molecule has 0 fully saturated rings. The van der Waals surface area contributed by atoms with E-state index in [1.165, 1.54) is 19.2 Å². The fraction of sp³-hybridized carbons (Fsp3) is 0.133. The second-order valence-corrected chi connectivity index (χ2v) is 6.01. The van der Waals surface area contributed by atoms with Crippen LogP contribution < -0.4 is 0 Å². The zero-order valence-electron chi connectivity index (χ0n) is 12.1. The third-order valence-electron chi connectivity index (χ3n) is 3.32. The Hall–Kier alpha value is -1.82. The second kappa shape index (κ2) is 6.74. The Morgan fingerprint density at radius 1 is 1.22 bits per heavy atom. The molecular formula is C15H11Cl3N2O3. The van der Waals surface area contributed by atoms with E-state index >= 15 is 0 Å². The molecule has 0 radical (unpaired) electrons. The molecule has 2 rings (SSSR count). The Kier molecular flexibility index (Phi) is 5.14. The lowest BCUT2D eigenvalue weighted by Gasteiger charge is -2.10. The zero-order valence-corrected chi connectivity index (χ0v) is 14.4. The van der Waals surface area contributed by atoms with Gasteiger partial charge in [0.05, 0.1) is 20.7 Å². The number of nitro groups is 1. The summed E-state index contributed by atoms with van der Waals surface area (Å²) in [6.07, 6.45) is 1.28. The van der Waals surface area contributed by atoms with E-state index in [9.17, 15) is 15.2 Å².